The van der Waals surface area contributed by atoms with Crippen molar-refractivity contribution < 1.29 is 22.0 Å². The lowest BCUT2D eigenvalue weighted by atomic mass is 9.97. The van der Waals surface area contributed by atoms with Crippen molar-refractivity contribution in [3.8, 4) is 22.7 Å². The number of hydrogen-bond acceptors (Lipinski definition) is 3. The van der Waals surface area contributed by atoms with E-state index in [0.29, 0.717) is 11.6 Å². The van der Waals surface area contributed by atoms with E-state index in [1.54, 1.807) is 13.0 Å². The van der Waals surface area contributed by atoms with Crippen LogP contribution >= 0.6 is 12.4 Å². The van der Waals surface area contributed by atoms with E-state index in [1.807, 2.05) is 20.8 Å². The van der Waals surface area contributed by atoms with Gasteiger partial charge in [-0.3, -0.25) is 0 Å². The van der Waals surface area contributed by atoms with E-state index in [-0.39, 0.29) is 51.6 Å². The molecule has 0 aliphatic heterocycles. The van der Waals surface area contributed by atoms with Gasteiger partial charge in [0.05, 0.1) is 16.8 Å². The van der Waals surface area contributed by atoms with E-state index >= 15 is 0 Å². The number of aromatic nitrogens is 3. The topological polar surface area (TPSA) is 54.7 Å². The highest BCUT2D eigenvalue weighted by molar-refractivity contribution is 5.88. The van der Waals surface area contributed by atoms with E-state index in [0.717, 1.165) is 6.07 Å². The molecule has 1 N–H and O–H groups in total. The van der Waals surface area contributed by atoms with Gasteiger partial charge in [0.25, 0.3) is 0 Å². The van der Waals surface area contributed by atoms with Crippen LogP contribution in [0.15, 0.2) is 40.8 Å². The Hall–Kier alpha value is -2.87. The summed E-state index contributed by atoms with van der Waals surface area (Å²) in [6, 6.07) is 8.06. The molecule has 0 saturated carbocycles. The van der Waals surface area contributed by atoms with Crippen LogP contribution in [0.3, 0.4) is 0 Å². The Morgan fingerprint density at radius 2 is 1.68 bits per heavy atom. The van der Waals surface area contributed by atoms with Gasteiger partial charge in [0.2, 0.25) is 5.89 Å². The molecule has 0 unspecified atom stereocenters. The fourth-order valence-corrected chi connectivity index (χ4v) is 3.23. The van der Waals surface area contributed by atoms with Crippen molar-refractivity contribution in [2.24, 2.45) is 0 Å². The molecule has 4 aromatic rings. The molecule has 0 saturated heterocycles. The third-order valence-corrected chi connectivity index (χ3v) is 4.73. The van der Waals surface area contributed by atoms with Gasteiger partial charge in [-0.25, -0.2) is 14.4 Å². The van der Waals surface area contributed by atoms with Gasteiger partial charge in [0, 0.05) is 11.0 Å². The number of nitrogens with zero attached hydrogens (tertiary/aromatic N) is 2. The van der Waals surface area contributed by atoms with Crippen LogP contribution in [0.1, 0.15) is 37.9 Å². The number of aromatic amines is 1. The van der Waals surface area contributed by atoms with Gasteiger partial charge in [-0.1, -0.05) is 39.0 Å². The van der Waals surface area contributed by atoms with Crippen molar-refractivity contribution in [2.75, 3.05) is 0 Å². The summed E-state index contributed by atoms with van der Waals surface area (Å²) in [6.45, 7) is 7.46. The molecule has 4 rings (SSSR count). The zero-order chi connectivity index (χ0) is 21.8. The molecule has 164 valence electrons. The van der Waals surface area contributed by atoms with Gasteiger partial charge in [-0.15, -0.1) is 12.4 Å². The molecular weight excluding hydrogens is 434 g/mol. The fourth-order valence-electron chi connectivity index (χ4n) is 3.23. The number of oxazole rings is 1. The predicted molar refractivity (Wildman–Crippen MR) is 113 cm³/mol. The molecule has 2 aromatic carbocycles. The van der Waals surface area contributed by atoms with Crippen LogP contribution in [0.2, 0.25) is 0 Å². The van der Waals surface area contributed by atoms with E-state index < -0.39 is 17.6 Å². The highest BCUT2D eigenvalue weighted by Gasteiger charge is 2.35. The second-order valence-electron chi connectivity index (χ2n) is 8.17. The van der Waals surface area contributed by atoms with Crippen molar-refractivity contribution in [1.29, 1.82) is 0 Å². The monoisotopic (exact) mass is 453 g/mol. The number of H-pyrrole nitrogens is 1. The van der Waals surface area contributed by atoms with Crippen LogP contribution in [0.25, 0.3) is 33.7 Å². The van der Waals surface area contributed by atoms with Gasteiger partial charge in [-0.2, -0.15) is 13.2 Å². The van der Waals surface area contributed by atoms with Crippen LogP contribution in [-0.2, 0) is 11.6 Å². The molecule has 0 amide bonds. The SMILES string of the molecule is Cc1nc(C(C)(C)C)oc1-c1nc2c(C(F)(F)F)cc(-c3ccccc3F)cc2[nH]1.Cl. The van der Waals surface area contributed by atoms with Crippen LogP contribution in [0.5, 0.6) is 0 Å². The Balaban J connectivity index is 0.00000272. The number of imidazole rings is 1. The van der Waals surface area contributed by atoms with E-state index in [2.05, 4.69) is 15.0 Å². The fraction of sp³-hybridized carbons (Fsp3) is 0.273. The predicted octanol–water partition coefficient (Wildman–Crippen LogP) is 7.07. The second kappa shape index (κ2) is 7.67. The normalized spacial score (nSPS) is 12.3. The summed E-state index contributed by atoms with van der Waals surface area (Å²) in [5.41, 5.74) is -0.753. The number of alkyl halides is 3. The second-order valence-corrected chi connectivity index (χ2v) is 8.17. The van der Waals surface area contributed by atoms with Crippen molar-refractivity contribution in [3.63, 3.8) is 0 Å². The van der Waals surface area contributed by atoms with E-state index in [9.17, 15) is 17.6 Å². The van der Waals surface area contributed by atoms with E-state index in [4.69, 9.17) is 4.42 Å². The lowest BCUT2D eigenvalue weighted by molar-refractivity contribution is -0.136. The number of nitrogens with one attached hydrogen (secondary N) is 1. The van der Waals surface area contributed by atoms with Gasteiger partial charge >= 0.3 is 6.18 Å². The molecule has 0 atom stereocenters. The maximum atomic E-state index is 14.2. The summed E-state index contributed by atoms with van der Waals surface area (Å²) < 4.78 is 61.4. The molecular formula is C22H20ClF4N3O. The number of rotatable bonds is 2. The number of aryl methyl sites for hydroxylation is 1. The number of fused-ring (bicyclic) bond motifs is 1. The van der Waals surface area contributed by atoms with Crippen molar-refractivity contribution >= 4 is 23.4 Å². The largest absolute Gasteiger partial charge is 0.437 e. The van der Waals surface area contributed by atoms with E-state index in [1.165, 1.54) is 24.3 Å². The minimum atomic E-state index is -4.67. The Labute approximate surface area is 182 Å². The Morgan fingerprint density at radius 3 is 2.26 bits per heavy atom. The molecule has 2 heterocycles. The first-order valence-electron chi connectivity index (χ1n) is 9.29. The summed E-state index contributed by atoms with van der Waals surface area (Å²) in [4.78, 5) is 11.4. The summed E-state index contributed by atoms with van der Waals surface area (Å²) in [6.07, 6.45) is -4.67. The highest BCUT2D eigenvalue weighted by atomic mass is 35.5. The summed E-state index contributed by atoms with van der Waals surface area (Å²) >= 11 is 0. The average Bonchev–Trinajstić information content (AvgIpc) is 3.23. The Bertz CT molecular complexity index is 1250. The maximum Gasteiger partial charge on any atom is 0.418 e. The van der Waals surface area contributed by atoms with Crippen LogP contribution in [0, 0.1) is 12.7 Å². The standard InChI is InChI=1S/C22H19F4N3O.ClH/c1-11-18(30-20(27-11)21(2,3)4)19-28-16-10-12(13-7-5-6-8-15(13)23)9-14(17(16)29-19)22(24,25)26;/h5-10H,1-4H3,(H,28,29);1H. The lowest BCUT2D eigenvalue weighted by Crippen LogP contribution is -2.11. The third-order valence-electron chi connectivity index (χ3n) is 4.73. The zero-order valence-corrected chi connectivity index (χ0v) is 18.0. The first-order valence-corrected chi connectivity index (χ1v) is 9.29. The molecule has 0 fully saturated rings. The van der Waals surface area contributed by atoms with Crippen LogP contribution in [-0.4, -0.2) is 15.0 Å². The molecule has 0 aliphatic carbocycles. The smallest absolute Gasteiger partial charge is 0.418 e. The molecule has 0 aliphatic rings. The van der Waals surface area contributed by atoms with Crippen LogP contribution < -0.4 is 0 Å². The van der Waals surface area contributed by atoms with Gasteiger partial charge in [0.1, 0.15) is 11.3 Å². The summed E-state index contributed by atoms with van der Waals surface area (Å²) in [5, 5.41) is 0. The van der Waals surface area contributed by atoms with Gasteiger partial charge in [-0.05, 0) is 30.7 Å². The molecule has 0 bridgehead atoms. The molecule has 0 radical (unpaired) electrons. The van der Waals surface area contributed by atoms with Crippen LogP contribution in [0.4, 0.5) is 17.6 Å². The molecule has 31 heavy (non-hydrogen) atoms. The Kier molecular flexibility index (Phi) is 5.65. The lowest BCUT2D eigenvalue weighted by Gasteiger charge is -2.11. The molecule has 9 heteroatoms. The third kappa shape index (κ3) is 4.17. The molecule has 4 nitrogen and oxygen atoms in total. The minimum Gasteiger partial charge on any atom is -0.437 e. The van der Waals surface area contributed by atoms with Crippen molar-refractivity contribution in [1.82, 2.24) is 15.0 Å². The maximum absolute atomic E-state index is 14.2. The number of benzene rings is 2. The first-order chi connectivity index (χ1) is 13.9. The van der Waals surface area contributed by atoms with Crippen molar-refractivity contribution in [2.45, 2.75) is 39.3 Å². The minimum absolute atomic E-state index is 0. The Morgan fingerprint density at radius 1 is 1.00 bits per heavy atom. The molecule has 2 aromatic heterocycles. The summed E-state index contributed by atoms with van der Waals surface area (Å²) in [5.74, 6) is 0.266. The molecule has 0 spiro atoms. The quantitative estimate of drug-likeness (QED) is 0.330. The highest BCUT2D eigenvalue weighted by Crippen LogP contribution is 2.39. The van der Waals surface area contributed by atoms with Gasteiger partial charge in [0.15, 0.2) is 11.6 Å². The van der Waals surface area contributed by atoms with Gasteiger partial charge < -0.3 is 9.40 Å². The number of hydrogen-bond donors (Lipinski definition) is 1. The first kappa shape index (κ1) is 22.8. The average molecular weight is 454 g/mol. The number of halogens is 5. The zero-order valence-electron chi connectivity index (χ0n) is 17.2. The van der Waals surface area contributed by atoms with Crippen molar-refractivity contribution in [3.05, 3.63) is 59.4 Å². The summed E-state index contributed by atoms with van der Waals surface area (Å²) in [7, 11) is 0.